The highest BCUT2D eigenvalue weighted by atomic mass is 16.5. The van der Waals surface area contributed by atoms with Gasteiger partial charge in [0.25, 0.3) is 0 Å². The van der Waals surface area contributed by atoms with Crippen molar-refractivity contribution in [2.75, 3.05) is 20.3 Å². The number of carbonyl (C=O) groups is 2. The van der Waals surface area contributed by atoms with Crippen molar-refractivity contribution < 1.29 is 23.8 Å². The number of hydrogen-bond acceptors (Lipinski definition) is 7. The molecule has 0 amide bonds. The van der Waals surface area contributed by atoms with Crippen molar-refractivity contribution in [2.24, 2.45) is 5.41 Å². The third-order valence-corrected chi connectivity index (χ3v) is 6.40. The molecule has 7 nitrogen and oxygen atoms in total. The Morgan fingerprint density at radius 1 is 0.971 bits per heavy atom. The van der Waals surface area contributed by atoms with Gasteiger partial charge in [-0.05, 0) is 90.2 Å². The van der Waals surface area contributed by atoms with Crippen LogP contribution < -0.4 is 10.6 Å². The molecule has 1 fully saturated rings. The lowest BCUT2D eigenvalue weighted by atomic mass is 9.64. The molecule has 0 bridgehead atoms. The average molecular weight is 471 g/mol. The van der Waals surface area contributed by atoms with Crippen LogP contribution in [0.5, 0.6) is 0 Å². The first-order valence-corrected chi connectivity index (χ1v) is 11.9. The maximum absolute atomic E-state index is 12.6. The minimum absolute atomic E-state index is 0.295. The number of nitrogens with one attached hydrogen (secondary N) is 2. The van der Waals surface area contributed by atoms with Crippen molar-refractivity contribution in [2.45, 2.75) is 72.4 Å². The highest BCUT2D eigenvalue weighted by Gasteiger charge is 2.56. The van der Waals surface area contributed by atoms with E-state index in [2.05, 4.69) is 51.3 Å². The van der Waals surface area contributed by atoms with E-state index < -0.39 is 17.4 Å². The normalized spacial score (nSPS) is 27.3. The molecule has 1 saturated heterocycles. The first kappa shape index (κ1) is 25.7. The Morgan fingerprint density at radius 3 is 2.18 bits per heavy atom. The summed E-state index contributed by atoms with van der Waals surface area (Å²) in [6, 6.07) is 0. The van der Waals surface area contributed by atoms with Gasteiger partial charge in [0, 0.05) is 34.6 Å². The van der Waals surface area contributed by atoms with Gasteiger partial charge in [-0.15, -0.1) is 0 Å². The Bertz CT molecular complexity index is 1030. The summed E-state index contributed by atoms with van der Waals surface area (Å²) in [7, 11) is 1.66. The van der Waals surface area contributed by atoms with E-state index in [0.717, 1.165) is 29.0 Å². The van der Waals surface area contributed by atoms with Gasteiger partial charge >= 0.3 is 11.9 Å². The Morgan fingerprint density at radius 2 is 1.59 bits per heavy atom. The molecule has 2 N–H and O–H groups in total. The molecule has 1 aliphatic carbocycles. The molecular formula is C27H38N2O5. The van der Waals surface area contributed by atoms with Crippen LogP contribution in [-0.2, 0) is 23.8 Å². The Labute approximate surface area is 203 Å². The molecule has 34 heavy (non-hydrogen) atoms. The second-order valence-electron chi connectivity index (χ2n) is 10.4. The van der Waals surface area contributed by atoms with Gasteiger partial charge in [-0.25, -0.2) is 9.59 Å². The van der Waals surface area contributed by atoms with Gasteiger partial charge in [-0.3, -0.25) is 0 Å². The molecule has 1 atom stereocenters. The van der Waals surface area contributed by atoms with Gasteiger partial charge in [0.1, 0.15) is 5.76 Å². The quantitative estimate of drug-likeness (QED) is 0.460. The molecule has 0 aromatic rings. The molecule has 1 spiro atoms. The van der Waals surface area contributed by atoms with Crippen LogP contribution >= 0.6 is 0 Å². The standard InChI is InChI=1S/C27H38N2O5/c1-9-33-23(30)13-18-12-20-19(15-25(4,5)28-18)17(3)11-22(32-8)27(20)16-26(6,7)29-21(27)14-24(31)34-10-2/h11-14,28-29H,9-10,15-16H2,1-8H3/b18-13-,21-14?. The molecule has 2 aliphatic heterocycles. The third-order valence-electron chi connectivity index (χ3n) is 6.40. The highest BCUT2D eigenvalue weighted by Crippen LogP contribution is 2.58. The topological polar surface area (TPSA) is 85.9 Å². The van der Waals surface area contributed by atoms with E-state index in [9.17, 15) is 9.59 Å². The molecule has 0 saturated carbocycles. The van der Waals surface area contributed by atoms with Crippen molar-refractivity contribution >= 4 is 11.9 Å². The van der Waals surface area contributed by atoms with Gasteiger partial charge in [0.05, 0.1) is 25.7 Å². The van der Waals surface area contributed by atoms with Crippen LogP contribution in [0.4, 0.5) is 0 Å². The van der Waals surface area contributed by atoms with E-state index in [-0.39, 0.29) is 11.1 Å². The lowest BCUT2D eigenvalue weighted by molar-refractivity contribution is -0.138. The second-order valence-corrected chi connectivity index (χ2v) is 10.4. The van der Waals surface area contributed by atoms with E-state index >= 15 is 0 Å². The Hall–Kier alpha value is -2.96. The van der Waals surface area contributed by atoms with E-state index in [4.69, 9.17) is 14.2 Å². The maximum atomic E-state index is 12.6. The van der Waals surface area contributed by atoms with Crippen molar-refractivity contribution in [3.8, 4) is 0 Å². The molecule has 0 aromatic carbocycles. The zero-order valence-electron chi connectivity index (χ0n) is 21.7. The van der Waals surface area contributed by atoms with Crippen molar-refractivity contribution in [3.63, 3.8) is 0 Å². The monoisotopic (exact) mass is 470 g/mol. The fourth-order valence-corrected chi connectivity index (χ4v) is 5.34. The summed E-state index contributed by atoms with van der Waals surface area (Å²) in [5.74, 6) is -0.0505. The van der Waals surface area contributed by atoms with Crippen molar-refractivity contribution in [1.29, 1.82) is 0 Å². The Kier molecular flexibility index (Phi) is 7.06. The van der Waals surface area contributed by atoms with Crippen LogP contribution in [0.15, 0.2) is 58.2 Å². The molecule has 7 heteroatoms. The molecule has 1 unspecified atom stereocenters. The fourth-order valence-electron chi connectivity index (χ4n) is 5.34. The molecule has 3 aliphatic rings. The lowest BCUT2D eigenvalue weighted by Crippen LogP contribution is -2.38. The van der Waals surface area contributed by atoms with Gasteiger partial charge in [0.15, 0.2) is 0 Å². The predicted molar refractivity (Wildman–Crippen MR) is 131 cm³/mol. The number of fused-ring (bicyclic) bond motifs is 2. The van der Waals surface area contributed by atoms with E-state index in [1.54, 1.807) is 27.0 Å². The van der Waals surface area contributed by atoms with Gasteiger partial charge in [-0.2, -0.15) is 0 Å². The number of carbonyl (C=O) groups excluding carboxylic acids is 2. The van der Waals surface area contributed by atoms with Gasteiger partial charge < -0.3 is 24.8 Å². The number of allylic oxidation sites excluding steroid dienone is 3. The second kappa shape index (κ2) is 9.35. The average Bonchev–Trinajstić information content (AvgIpc) is 2.88. The molecule has 2 heterocycles. The van der Waals surface area contributed by atoms with Crippen LogP contribution in [0.3, 0.4) is 0 Å². The zero-order chi connectivity index (χ0) is 25.3. The first-order chi connectivity index (χ1) is 15.9. The number of esters is 2. The number of ether oxygens (including phenoxy) is 3. The molecule has 186 valence electrons. The lowest BCUT2D eigenvalue weighted by Gasteiger charge is -2.40. The SMILES string of the molecule is CCOC(=O)C=C1NC(C)(C)CC12C(OC)=CC(C)=C1CC(C)(C)N/C(=C\C(=O)OCC)C=C12. The summed E-state index contributed by atoms with van der Waals surface area (Å²) < 4.78 is 16.4. The summed E-state index contributed by atoms with van der Waals surface area (Å²) >= 11 is 0. The smallest absolute Gasteiger partial charge is 0.332 e. The van der Waals surface area contributed by atoms with Crippen LogP contribution in [0.1, 0.15) is 61.3 Å². The fraction of sp³-hybridized carbons (Fsp3) is 0.556. The largest absolute Gasteiger partial charge is 0.500 e. The van der Waals surface area contributed by atoms with E-state index in [1.165, 1.54) is 11.6 Å². The van der Waals surface area contributed by atoms with Crippen LogP contribution in [-0.4, -0.2) is 43.3 Å². The van der Waals surface area contributed by atoms with Crippen molar-refractivity contribution in [3.05, 3.63) is 58.2 Å². The molecule has 0 radical (unpaired) electrons. The van der Waals surface area contributed by atoms with Crippen LogP contribution in [0.25, 0.3) is 0 Å². The summed E-state index contributed by atoms with van der Waals surface area (Å²) in [4.78, 5) is 25.0. The molecule has 3 rings (SSSR count). The summed E-state index contributed by atoms with van der Waals surface area (Å²) in [6.07, 6.45) is 8.52. The van der Waals surface area contributed by atoms with Crippen LogP contribution in [0.2, 0.25) is 0 Å². The van der Waals surface area contributed by atoms with Crippen LogP contribution in [0, 0.1) is 5.41 Å². The first-order valence-electron chi connectivity index (χ1n) is 11.9. The highest BCUT2D eigenvalue weighted by molar-refractivity contribution is 5.85. The Balaban J connectivity index is 2.31. The minimum Gasteiger partial charge on any atom is -0.500 e. The van der Waals surface area contributed by atoms with E-state index in [0.29, 0.717) is 25.3 Å². The number of hydrogen-bond donors (Lipinski definition) is 2. The van der Waals surface area contributed by atoms with Gasteiger partial charge in [-0.1, -0.05) is 0 Å². The zero-order valence-corrected chi connectivity index (χ0v) is 21.7. The number of methoxy groups -OCH3 is 1. The molecular weight excluding hydrogens is 432 g/mol. The van der Waals surface area contributed by atoms with Gasteiger partial charge in [0.2, 0.25) is 0 Å². The van der Waals surface area contributed by atoms with Crippen molar-refractivity contribution in [1.82, 2.24) is 10.6 Å². The molecule has 0 aromatic heterocycles. The summed E-state index contributed by atoms with van der Waals surface area (Å²) in [5, 5.41) is 7.07. The maximum Gasteiger partial charge on any atom is 0.332 e. The third kappa shape index (κ3) is 4.93. The summed E-state index contributed by atoms with van der Waals surface area (Å²) in [6.45, 7) is 14.7. The summed E-state index contributed by atoms with van der Waals surface area (Å²) in [5.41, 5.74) is 3.31. The predicted octanol–water partition coefficient (Wildman–Crippen LogP) is 4.20. The van der Waals surface area contributed by atoms with E-state index in [1.807, 2.05) is 6.08 Å². The minimum atomic E-state index is -0.726. The number of rotatable bonds is 5.